The molecule has 2 aliphatic rings. The molecule has 0 saturated carbocycles. The Bertz CT molecular complexity index is 849. The Morgan fingerprint density at radius 2 is 2.14 bits per heavy atom. The van der Waals surface area contributed by atoms with E-state index >= 15 is 0 Å². The van der Waals surface area contributed by atoms with Gasteiger partial charge in [0, 0.05) is 42.6 Å². The molecule has 0 fully saturated rings. The molecule has 1 N–H and O–H groups in total. The molecule has 0 aliphatic carbocycles. The summed E-state index contributed by atoms with van der Waals surface area (Å²) >= 11 is 0. The lowest BCUT2D eigenvalue weighted by molar-refractivity contribution is 0.0171. The van der Waals surface area contributed by atoms with Gasteiger partial charge in [0.2, 0.25) is 0 Å². The number of halogens is 2. The quantitative estimate of drug-likeness (QED) is 0.721. The van der Waals surface area contributed by atoms with Crippen molar-refractivity contribution >= 4 is 5.69 Å². The number of nitrogens with zero attached hydrogens (tertiary/aromatic N) is 1. The zero-order valence-electron chi connectivity index (χ0n) is 17.0. The van der Waals surface area contributed by atoms with Gasteiger partial charge >= 0.3 is 0 Å². The van der Waals surface area contributed by atoms with Crippen molar-refractivity contribution in [1.29, 1.82) is 0 Å². The SMILES string of the molecule is C=CC1COc2cc(C(C)(F)F)ccc2C1.CCNc1cnc2c(c1)COCC2. The molecule has 4 nitrogen and oxygen atoms in total. The van der Waals surface area contributed by atoms with E-state index in [2.05, 4.69) is 29.9 Å². The van der Waals surface area contributed by atoms with E-state index in [1.807, 2.05) is 12.3 Å². The number of rotatable bonds is 4. The average molecular weight is 402 g/mol. The van der Waals surface area contributed by atoms with E-state index in [4.69, 9.17) is 9.47 Å². The third kappa shape index (κ3) is 5.54. The number of ether oxygens (including phenoxy) is 2. The topological polar surface area (TPSA) is 43.4 Å². The summed E-state index contributed by atoms with van der Waals surface area (Å²) in [6, 6.07) is 6.75. The molecule has 4 rings (SSSR count). The van der Waals surface area contributed by atoms with Crippen molar-refractivity contribution < 1.29 is 18.3 Å². The molecule has 1 atom stereocenters. The van der Waals surface area contributed by atoms with Gasteiger partial charge < -0.3 is 14.8 Å². The molecule has 156 valence electrons. The lowest BCUT2D eigenvalue weighted by Gasteiger charge is -2.24. The first kappa shape index (κ1) is 21.2. The van der Waals surface area contributed by atoms with E-state index in [1.165, 1.54) is 23.4 Å². The monoisotopic (exact) mass is 402 g/mol. The highest BCUT2D eigenvalue weighted by Crippen LogP contribution is 2.34. The molecule has 0 bridgehead atoms. The second-order valence-corrected chi connectivity index (χ2v) is 7.38. The lowest BCUT2D eigenvalue weighted by Crippen LogP contribution is -2.19. The zero-order valence-corrected chi connectivity index (χ0v) is 17.0. The van der Waals surface area contributed by atoms with Crippen molar-refractivity contribution in [1.82, 2.24) is 4.98 Å². The first-order valence-corrected chi connectivity index (χ1v) is 9.96. The van der Waals surface area contributed by atoms with Crippen LogP contribution in [0, 0.1) is 5.92 Å². The highest BCUT2D eigenvalue weighted by molar-refractivity contribution is 5.45. The number of nitrogens with one attached hydrogen (secondary N) is 1. The highest BCUT2D eigenvalue weighted by atomic mass is 19.3. The fourth-order valence-corrected chi connectivity index (χ4v) is 3.36. The molecule has 3 heterocycles. The van der Waals surface area contributed by atoms with Gasteiger partial charge in [-0.25, -0.2) is 8.78 Å². The van der Waals surface area contributed by atoms with E-state index in [9.17, 15) is 8.78 Å². The van der Waals surface area contributed by atoms with Crippen LogP contribution in [-0.4, -0.2) is 24.7 Å². The molecule has 2 aliphatic heterocycles. The fourth-order valence-electron chi connectivity index (χ4n) is 3.36. The minimum atomic E-state index is -2.81. The van der Waals surface area contributed by atoms with E-state index in [-0.39, 0.29) is 11.5 Å². The predicted octanol–water partition coefficient (Wildman–Crippen LogP) is 5.12. The Kier molecular flexibility index (Phi) is 6.85. The number of anilines is 1. The molecule has 1 aromatic heterocycles. The number of fused-ring (bicyclic) bond motifs is 2. The van der Waals surface area contributed by atoms with Crippen molar-refractivity contribution in [2.24, 2.45) is 5.92 Å². The maximum Gasteiger partial charge on any atom is 0.270 e. The molecule has 0 saturated heterocycles. The van der Waals surface area contributed by atoms with Crippen LogP contribution in [0.15, 0.2) is 43.1 Å². The molecule has 6 heteroatoms. The number of hydrogen-bond acceptors (Lipinski definition) is 4. The molecule has 29 heavy (non-hydrogen) atoms. The van der Waals surface area contributed by atoms with E-state index in [0.717, 1.165) is 44.2 Å². The maximum atomic E-state index is 13.1. The highest BCUT2D eigenvalue weighted by Gasteiger charge is 2.27. The van der Waals surface area contributed by atoms with Crippen LogP contribution in [-0.2, 0) is 30.1 Å². The summed E-state index contributed by atoms with van der Waals surface area (Å²) in [6.45, 7) is 9.66. The average Bonchev–Trinajstić information content (AvgIpc) is 2.73. The number of benzene rings is 1. The maximum absolute atomic E-state index is 13.1. The van der Waals surface area contributed by atoms with Crippen LogP contribution in [0.3, 0.4) is 0 Å². The first-order chi connectivity index (χ1) is 13.9. The van der Waals surface area contributed by atoms with Crippen molar-refractivity contribution in [3.63, 3.8) is 0 Å². The zero-order chi connectivity index (χ0) is 20.9. The molecule has 1 unspecified atom stereocenters. The predicted molar refractivity (Wildman–Crippen MR) is 111 cm³/mol. The fraction of sp³-hybridized carbons (Fsp3) is 0.435. The summed E-state index contributed by atoms with van der Waals surface area (Å²) in [5.41, 5.74) is 4.48. The summed E-state index contributed by atoms with van der Waals surface area (Å²) in [6.07, 6.45) is 5.50. The second-order valence-electron chi connectivity index (χ2n) is 7.38. The summed E-state index contributed by atoms with van der Waals surface area (Å²) in [7, 11) is 0. The standard InChI is InChI=1S/C13H14F2O.C10H14N2O/c1-3-9-6-10-4-5-11(13(2,14)15)7-12(10)16-8-9;1-2-11-9-5-8-7-13-4-3-10(8)12-6-9/h3-5,7,9H,1,6,8H2,2H3;5-6,11H,2-4,7H2,1H3. The van der Waals surface area contributed by atoms with Crippen LogP contribution in [0.2, 0.25) is 0 Å². The first-order valence-electron chi connectivity index (χ1n) is 9.96. The van der Waals surface area contributed by atoms with E-state index in [0.29, 0.717) is 19.0 Å². The van der Waals surface area contributed by atoms with Gasteiger partial charge in [0.1, 0.15) is 5.75 Å². The van der Waals surface area contributed by atoms with Crippen molar-refractivity contribution in [2.45, 2.75) is 39.2 Å². The van der Waals surface area contributed by atoms with Crippen LogP contribution in [0.1, 0.15) is 36.2 Å². The second kappa shape index (κ2) is 9.35. The normalized spacial score (nSPS) is 17.7. The van der Waals surface area contributed by atoms with E-state index in [1.54, 1.807) is 6.07 Å². The van der Waals surface area contributed by atoms with E-state index < -0.39 is 5.92 Å². The molecule has 0 amide bonds. The Morgan fingerprint density at radius 3 is 2.86 bits per heavy atom. The third-order valence-corrected chi connectivity index (χ3v) is 5.02. The van der Waals surface area contributed by atoms with Crippen LogP contribution in [0.25, 0.3) is 0 Å². The van der Waals surface area contributed by atoms with Crippen LogP contribution in [0.5, 0.6) is 5.75 Å². The van der Waals surface area contributed by atoms with Crippen LogP contribution >= 0.6 is 0 Å². The summed E-state index contributed by atoms with van der Waals surface area (Å²) in [5.74, 6) is -1.95. The summed E-state index contributed by atoms with van der Waals surface area (Å²) in [4.78, 5) is 4.40. The summed E-state index contributed by atoms with van der Waals surface area (Å²) < 4.78 is 37.0. The van der Waals surface area contributed by atoms with Crippen molar-refractivity contribution in [2.75, 3.05) is 25.1 Å². The Balaban J connectivity index is 0.000000169. The van der Waals surface area contributed by atoms with Gasteiger partial charge in [-0.05, 0) is 31.0 Å². The molecule has 0 spiro atoms. The molecule has 0 radical (unpaired) electrons. The third-order valence-electron chi connectivity index (χ3n) is 5.02. The van der Waals surface area contributed by atoms with Crippen LogP contribution < -0.4 is 10.1 Å². The minimum absolute atomic E-state index is 0.00306. The molecular weight excluding hydrogens is 374 g/mol. The molecule has 2 aromatic rings. The van der Waals surface area contributed by atoms with Gasteiger partial charge in [0.05, 0.1) is 31.7 Å². The van der Waals surface area contributed by atoms with Crippen molar-refractivity contribution in [3.05, 3.63) is 65.5 Å². The van der Waals surface area contributed by atoms with Crippen molar-refractivity contribution in [3.8, 4) is 5.75 Å². The Labute approximate surface area is 171 Å². The van der Waals surface area contributed by atoms with Gasteiger partial charge in [-0.1, -0.05) is 18.2 Å². The molecule has 1 aromatic carbocycles. The molecular formula is C23H28F2N2O2. The van der Waals surface area contributed by atoms with Gasteiger partial charge in [0.15, 0.2) is 0 Å². The van der Waals surface area contributed by atoms with Gasteiger partial charge in [-0.2, -0.15) is 0 Å². The lowest BCUT2D eigenvalue weighted by atomic mass is 9.95. The number of pyridine rings is 1. The number of aromatic nitrogens is 1. The summed E-state index contributed by atoms with van der Waals surface area (Å²) in [5, 5.41) is 3.24. The number of hydrogen-bond donors (Lipinski definition) is 1. The van der Waals surface area contributed by atoms with Gasteiger partial charge in [0.25, 0.3) is 5.92 Å². The minimum Gasteiger partial charge on any atom is -0.493 e. The van der Waals surface area contributed by atoms with Gasteiger partial charge in [-0.15, -0.1) is 6.58 Å². The van der Waals surface area contributed by atoms with Crippen LogP contribution in [0.4, 0.5) is 14.5 Å². The smallest absolute Gasteiger partial charge is 0.270 e. The Morgan fingerprint density at radius 1 is 1.31 bits per heavy atom. The number of alkyl halides is 2. The largest absolute Gasteiger partial charge is 0.493 e. The Hall–Kier alpha value is -2.47. The van der Waals surface area contributed by atoms with Gasteiger partial charge in [-0.3, -0.25) is 4.98 Å².